The molecule has 0 aliphatic carbocycles. The van der Waals surface area contributed by atoms with Gasteiger partial charge in [-0.1, -0.05) is 42.0 Å². The van der Waals surface area contributed by atoms with E-state index in [1.807, 2.05) is 31.2 Å². The predicted octanol–water partition coefficient (Wildman–Crippen LogP) is 1.01. The van der Waals surface area contributed by atoms with Gasteiger partial charge in [0.25, 0.3) is 0 Å². The van der Waals surface area contributed by atoms with Gasteiger partial charge in [0.15, 0.2) is 0 Å². The van der Waals surface area contributed by atoms with Crippen LogP contribution < -0.4 is 11.0 Å². The Balaban J connectivity index is 2.24. The van der Waals surface area contributed by atoms with E-state index in [4.69, 9.17) is 5.11 Å². The van der Waals surface area contributed by atoms with Crippen molar-refractivity contribution in [3.8, 4) is 0 Å². The number of fused-ring (bicyclic) bond motifs is 1. The van der Waals surface area contributed by atoms with E-state index in [1.165, 1.54) is 0 Å². The number of carbonyl (C=O) groups excluding carboxylic acids is 1. The zero-order valence-electron chi connectivity index (χ0n) is 15.0. The van der Waals surface area contributed by atoms with Crippen molar-refractivity contribution in [3.63, 3.8) is 0 Å². The third kappa shape index (κ3) is 3.78. The molecule has 0 saturated carbocycles. The first-order valence-corrected chi connectivity index (χ1v) is 8.40. The molecular formula is C19H18N4O5. The molecule has 3 rings (SSSR count). The summed E-state index contributed by atoms with van der Waals surface area (Å²) in [6.45, 7) is 1.80. The molecule has 1 aromatic heterocycles. The first-order valence-electron chi connectivity index (χ1n) is 8.40. The van der Waals surface area contributed by atoms with Crippen molar-refractivity contribution in [2.24, 2.45) is 5.10 Å². The number of carboxylic acids is 2. The van der Waals surface area contributed by atoms with Crippen molar-refractivity contribution >= 4 is 28.9 Å². The zero-order valence-corrected chi connectivity index (χ0v) is 15.0. The summed E-state index contributed by atoms with van der Waals surface area (Å²) in [7, 11) is 0. The highest BCUT2D eigenvalue weighted by atomic mass is 16.4. The number of hydrogen-bond donors (Lipinski definition) is 3. The van der Waals surface area contributed by atoms with Crippen LogP contribution in [0.15, 0.2) is 53.6 Å². The lowest BCUT2D eigenvalue weighted by molar-refractivity contribution is -0.136. The first-order chi connectivity index (χ1) is 13.4. The van der Waals surface area contributed by atoms with Crippen molar-refractivity contribution in [3.05, 3.63) is 65.3 Å². The van der Waals surface area contributed by atoms with Crippen molar-refractivity contribution in [1.82, 2.24) is 14.6 Å². The van der Waals surface area contributed by atoms with Crippen LogP contribution in [0.3, 0.4) is 0 Å². The van der Waals surface area contributed by atoms with Gasteiger partial charge in [-0.15, -0.1) is 5.10 Å². The van der Waals surface area contributed by atoms with Crippen LogP contribution in [0.2, 0.25) is 0 Å². The number of nitrogens with zero attached hydrogens (tertiary/aromatic N) is 3. The van der Waals surface area contributed by atoms with Crippen molar-refractivity contribution < 1.29 is 24.6 Å². The Morgan fingerprint density at radius 2 is 1.64 bits per heavy atom. The summed E-state index contributed by atoms with van der Waals surface area (Å²) in [6, 6.07) is 14.5. The SMILES string of the molecule is Cc1ccc(Cn2/c(=N/NCC(=O)O)n(C(=O)C(=O)O)c3ccccc32)cc1. The minimum Gasteiger partial charge on any atom is -0.480 e. The monoisotopic (exact) mass is 382 g/mol. The summed E-state index contributed by atoms with van der Waals surface area (Å²) in [5, 5.41) is 22.1. The van der Waals surface area contributed by atoms with Crippen LogP contribution in [0, 0.1) is 6.92 Å². The molecule has 0 bridgehead atoms. The topological polar surface area (TPSA) is 126 Å². The zero-order chi connectivity index (χ0) is 20.3. The lowest BCUT2D eigenvalue weighted by Crippen LogP contribution is -2.36. The Hall–Kier alpha value is -3.88. The second-order valence-corrected chi connectivity index (χ2v) is 6.15. The largest absolute Gasteiger partial charge is 0.480 e. The highest BCUT2D eigenvalue weighted by Crippen LogP contribution is 2.15. The number of aliphatic carboxylic acids is 2. The molecule has 0 aliphatic rings. The molecule has 0 radical (unpaired) electrons. The lowest BCUT2D eigenvalue weighted by atomic mass is 10.1. The summed E-state index contributed by atoms with van der Waals surface area (Å²) in [4.78, 5) is 34.5. The fourth-order valence-electron chi connectivity index (χ4n) is 2.83. The molecule has 1 heterocycles. The molecule has 3 aromatic rings. The fraction of sp³-hybridized carbons (Fsp3) is 0.158. The molecule has 0 fully saturated rings. The van der Waals surface area contributed by atoms with E-state index in [2.05, 4.69) is 10.5 Å². The van der Waals surface area contributed by atoms with Gasteiger partial charge in [-0.2, -0.15) is 0 Å². The van der Waals surface area contributed by atoms with Crippen LogP contribution in [-0.2, 0) is 16.1 Å². The van der Waals surface area contributed by atoms with Gasteiger partial charge in [0, 0.05) is 0 Å². The van der Waals surface area contributed by atoms with E-state index >= 15 is 0 Å². The quantitative estimate of drug-likeness (QED) is 0.447. The summed E-state index contributed by atoms with van der Waals surface area (Å²) >= 11 is 0. The minimum atomic E-state index is -1.64. The van der Waals surface area contributed by atoms with E-state index in [1.54, 1.807) is 28.8 Å². The standard InChI is InChI=1S/C19H18N4O5/c1-12-6-8-13(9-7-12)11-22-14-4-2-3-5-15(14)23(17(26)18(27)28)19(22)21-20-10-16(24)25/h2-9,20H,10-11H2,1H3,(H,24,25)(H,27,28)/b21-19-. The third-order valence-corrected chi connectivity index (χ3v) is 4.11. The molecule has 9 nitrogen and oxygen atoms in total. The Bertz CT molecular complexity index is 1130. The molecule has 0 amide bonds. The van der Waals surface area contributed by atoms with Gasteiger partial charge in [-0.25, -0.2) is 9.36 Å². The van der Waals surface area contributed by atoms with Crippen LogP contribution >= 0.6 is 0 Å². The summed E-state index contributed by atoms with van der Waals surface area (Å²) in [5.41, 5.74) is 5.32. The Morgan fingerprint density at radius 3 is 2.25 bits per heavy atom. The number of benzene rings is 2. The predicted molar refractivity (Wildman–Crippen MR) is 99.7 cm³/mol. The second-order valence-electron chi connectivity index (χ2n) is 6.15. The average Bonchev–Trinajstić information content (AvgIpc) is 2.96. The number of carboxylic acid groups (broad SMARTS) is 2. The van der Waals surface area contributed by atoms with E-state index < -0.39 is 24.4 Å². The number of para-hydroxylation sites is 2. The number of hydrogen-bond acceptors (Lipinski definition) is 5. The lowest BCUT2D eigenvalue weighted by Gasteiger charge is -2.06. The van der Waals surface area contributed by atoms with Gasteiger partial charge in [-0.05, 0) is 24.6 Å². The van der Waals surface area contributed by atoms with E-state index in [-0.39, 0.29) is 5.62 Å². The van der Waals surface area contributed by atoms with Gasteiger partial charge in [0.05, 0.1) is 17.6 Å². The molecule has 3 N–H and O–H groups in total. The number of aryl methyl sites for hydroxylation is 1. The summed E-state index contributed by atoms with van der Waals surface area (Å²) < 4.78 is 2.62. The van der Waals surface area contributed by atoms with Crippen LogP contribution in [0.4, 0.5) is 0 Å². The third-order valence-electron chi connectivity index (χ3n) is 4.11. The van der Waals surface area contributed by atoms with E-state index in [9.17, 15) is 19.5 Å². The summed E-state index contributed by atoms with van der Waals surface area (Å²) in [6.07, 6.45) is 0. The van der Waals surface area contributed by atoms with Crippen molar-refractivity contribution in [2.75, 3.05) is 6.54 Å². The molecule has 0 atom stereocenters. The number of imidazole rings is 1. The maximum Gasteiger partial charge on any atom is 0.395 e. The molecule has 28 heavy (non-hydrogen) atoms. The van der Waals surface area contributed by atoms with Gasteiger partial charge in [-0.3, -0.25) is 15.0 Å². The fourth-order valence-corrected chi connectivity index (χ4v) is 2.83. The number of rotatable bonds is 5. The number of aromatic nitrogens is 2. The van der Waals surface area contributed by atoms with Crippen molar-refractivity contribution in [1.29, 1.82) is 0 Å². The van der Waals surface area contributed by atoms with Gasteiger partial charge in [0.2, 0.25) is 5.62 Å². The molecule has 0 saturated heterocycles. The maximum absolute atomic E-state index is 12.3. The van der Waals surface area contributed by atoms with Gasteiger partial charge < -0.3 is 14.8 Å². The molecule has 0 spiro atoms. The van der Waals surface area contributed by atoms with Crippen LogP contribution in [0.1, 0.15) is 15.9 Å². The first kappa shape index (κ1) is 18.9. The summed E-state index contributed by atoms with van der Waals surface area (Å²) in [5.74, 6) is -3.96. The van der Waals surface area contributed by atoms with E-state index in [0.717, 1.165) is 15.7 Å². The number of carbonyl (C=O) groups is 3. The molecule has 9 heteroatoms. The molecule has 0 unspecified atom stereocenters. The van der Waals surface area contributed by atoms with Crippen LogP contribution in [0.25, 0.3) is 11.0 Å². The smallest absolute Gasteiger partial charge is 0.395 e. The van der Waals surface area contributed by atoms with Crippen molar-refractivity contribution in [2.45, 2.75) is 13.5 Å². The number of nitrogens with one attached hydrogen (secondary N) is 1. The Kier molecular flexibility index (Phi) is 5.25. The van der Waals surface area contributed by atoms with Gasteiger partial charge >= 0.3 is 17.8 Å². The van der Waals surface area contributed by atoms with Crippen LogP contribution in [-0.4, -0.2) is 43.7 Å². The average molecular weight is 382 g/mol. The van der Waals surface area contributed by atoms with Crippen LogP contribution in [0.5, 0.6) is 0 Å². The normalized spacial score (nSPS) is 11.5. The molecule has 0 aliphatic heterocycles. The highest BCUT2D eigenvalue weighted by Gasteiger charge is 2.22. The second kappa shape index (κ2) is 7.78. The molecule has 2 aromatic carbocycles. The Labute approximate surface area is 159 Å². The molecule has 144 valence electrons. The highest BCUT2D eigenvalue weighted by molar-refractivity contribution is 6.33. The maximum atomic E-state index is 12.3. The van der Waals surface area contributed by atoms with Gasteiger partial charge in [0.1, 0.15) is 6.54 Å². The van der Waals surface area contributed by atoms with E-state index in [0.29, 0.717) is 17.6 Å². The molecular weight excluding hydrogens is 364 g/mol. The minimum absolute atomic E-state index is 0.00424. The Morgan fingerprint density at radius 1 is 1.00 bits per heavy atom.